The first-order valence-corrected chi connectivity index (χ1v) is 6.56. The van der Waals surface area contributed by atoms with E-state index < -0.39 is 12.1 Å². The molecule has 1 aliphatic heterocycles. The van der Waals surface area contributed by atoms with Crippen LogP contribution in [0.3, 0.4) is 0 Å². The molecule has 1 aliphatic rings. The van der Waals surface area contributed by atoms with E-state index in [0.29, 0.717) is 19.3 Å². The molecule has 3 N–H and O–H groups in total. The highest BCUT2D eigenvalue weighted by Gasteiger charge is 2.22. The van der Waals surface area contributed by atoms with Crippen molar-refractivity contribution in [2.45, 2.75) is 13.0 Å². The summed E-state index contributed by atoms with van der Waals surface area (Å²) in [5.74, 6) is -0.0620. The molecule has 1 heterocycles. The molecule has 122 valence electrons. The Morgan fingerprint density at radius 3 is 2.32 bits per heavy atom. The van der Waals surface area contributed by atoms with E-state index in [0.717, 1.165) is 18.4 Å². The molecular weight excluding hydrogens is 290 g/mol. The van der Waals surface area contributed by atoms with Gasteiger partial charge in [-0.15, -0.1) is 0 Å². The number of carbonyl (C=O) groups is 2. The van der Waals surface area contributed by atoms with Crippen molar-refractivity contribution in [2.75, 3.05) is 19.8 Å². The predicted molar refractivity (Wildman–Crippen MR) is 80.7 cm³/mol. The second kappa shape index (κ2) is 12.2. The predicted octanol–water partition coefficient (Wildman–Crippen LogP) is 1.82. The number of aliphatic carboxylic acids is 1. The average Bonchev–Trinajstić information content (AvgIpc) is 3.31. The van der Waals surface area contributed by atoms with Crippen molar-refractivity contribution >= 4 is 12.1 Å². The lowest BCUT2D eigenvalue weighted by Gasteiger charge is -2.01. The van der Waals surface area contributed by atoms with Gasteiger partial charge in [-0.2, -0.15) is 0 Å². The number of hydrogen-bond donors (Lipinski definition) is 2. The van der Waals surface area contributed by atoms with Crippen LogP contribution >= 0.6 is 0 Å². The first kappa shape index (κ1) is 19.5. The Bertz CT molecular complexity index is 445. The summed E-state index contributed by atoms with van der Waals surface area (Å²) in [5.41, 5.74) is 4.54. The summed E-state index contributed by atoms with van der Waals surface area (Å²) in [7, 11) is 0. The van der Waals surface area contributed by atoms with Crippen LogP contribution in [0.2, 0.25) is 0 Å². The summed E-state index contributed by atoms with van der Waals surface area (Å²) in [6, 6.07) is 9.79. The van der Waals surface area contributed by atoms with Crippen LogP contribution in [0.25, 0.3) is 0 Å². The smallest absolute Gasteiger partial charge is 0.404 e. The van der Waals surface area contributed by atoms with Crippen molar-refractivity contribution in [2.24, 2.45) is 5.73 Å². The molecule has 1 amide bonds. The van der Waals surface area contributed by atoms with Crippen molar-refractivity contribution in [1.29, 1.82) is 0 Å². The van der Waals surface area contributed by atoms with E-state index >= 15 is 0 Å². The highest BCUT2D eigenvalue weighted by molar-refractivity contribution is 5.78. The Kier molecular flexibility index (Phi) is 10.8. The topological polar surface area (TPSA) is 111 Å². The van der Waals surface area contributed by atoms with Gasteiger partial charge in [0.15, 0.2) is 0 Å². The molecule has 22 heavy (non-hydrogen) atoms. The molecule has 1 saturated heterocycles. The SMILES string of the molecule is C=CC(=O)O.CCOC(N)=O.c1ccc(OCC2CO2)cc1. The molecule has 7 heteroatoms. The third kappa shape index (κ3) is 13.9. The Hall–Kier alpha value is -2.54. The van der Waals surface area contributed by atoms with Crippen LogP contribution in [0.4, 0.5) is 4.79 Å². The lowest BCUT2D eigenvalue weighted by Crippen LogP contribution is -2.11. The third-order valence-corrected chi connectivity index (χ3v) is 2.04. The maximum Gasteiger partial charge on any atom is 0.404 e. The van der Waals surface area contributed by atoms with Gasteiger partial charge in [0.2, 0.25) is 0 Å². The van der Waals surface area contributed by atoms with Gasteiger partial charge in [0, 0.05) is 6.08 Å². The molecule has 7 nitrogen and oxygen atoms in total. The van der Waals surface area contributed by atoms with E-state index in [9.17, 15) is 9.59 Å². The van der Waals surface area contributed by atoms with E-state index in [-0.39, 0.29) is 0 Å². The summed E-state index contributed by atoms with van der Waals surface area (Å²) < 4.78 is 14.6. The summed E-state index contributed by atoms with van der Waals surface area (Å²) >= 11 is 0. The number of rotatable bonds is 5. The second-order valence-corrected chi connectivity index (χ2v) is 3.87. The number of hydrogen-bond acceptors (Lipinski definition) is 5. The van der Waals surface area contributed by atoms with Gasteiger partial charge in [-0.25, -0.2) is 9.59 Å². The molecule has 0 radical (unpaired) electrons. The molecule has 1 fully saturated rings. The summed E-state index contributed by atoms with van der Waals surface area (Å²) in [6.07, 6.45) is 0.465. The van der Waals surface area contributed by atoms with Gasteiger partial charge in [-0.1, -0.05) is 24.8 Å². The number of nitrogens with two attached hydrogens (primary N) is 1. The van der Waals surface area contributed by atoms with Crippen molar-refractivity contribution in [3.63, 3.8) is 0 Å². The van der Waals surface area contributed by atoms with Crippen molar-refractivity contribution in [3.8, 4) is 5.75 Å². The molecule has 0 spiro atoms. The molecule has 1 aromatic rings. The molecule has 1 unspecified atom stereocenters. The first-order chi connectivity index (χ1) is 10.5. The maximum atomic E-state index is 9.60. The first-order valence-electron chi connectivity index (χ1n) is 6.56. The lowest BCUT2D eigenvalue weighted by atomic mass is 10.3. The van der Waals surface area contributed by atoms with Gasteiger partial charge in [0.05, 0.1) is 13.2 Å². The second-order valence-electron chi connectivity index (χ2n) is 3.87. The van der Waals surface area contributed by atoms with Crippen molar-refractivity contribution < 1.29 is 28.9 Å². The molecule has 0 aromatic heterocycles. The van der Waals surface area contributed by atoms with Gasteiger partial charge in [-0.3, -0.25) is 0 Å². The summed E-state index contributed by atoms with van der Waals surface area (Å²) in [5, 5.41) is 7.60. The Morgan fingerprint density at radius 2 is 2.00 bits per heavy atom. The number of para-hydroxylation sites is 1. The van der Waals surface area contributed by atoms with Crippen LogP contribution < -0.4 is 10.5 Å². The number of epoxide rings is 1. The van der Waals surface area contributed by atoms with E-state index in [1.807, 2.05) is 30.3 Å². The molecular formula is C15H21NO6. The minimum atomic E-state index is -0.981. The van der Waals surface area contributed by atoms with Gasteiger partial charge in [0.25, 0.3) is 0 Å². The maximum absolute atomic E-state index is 9.60. The van der Waals surface area contributed by atoms with Crippen LogP contribution in [-0.2, 0) is 14.3 Å². The fraction of sp³-hybridized carbons (Fsp3) is 0.333. The van der Waals surface area contributed by atoms with Gasteiger partial charge in [0.1, 0.15) is 18.5 Å². The number of carbonyl (C=O) groups excluding carboxylic acids is 1. The fourth-order valence-electron chi connectivity index (χ4n) is 1.01. The van der Waals surface area contributed by atoms with Crippen molar-refractivity contribution in [1.82, 2.24) is 0 Å². The van der Waals surface area contributed by atoms with Gasteiger partial charge in [-0.05, 0) is 19.1 Å². The van der Waals surface area contributed by atoms with Gasteiger partial charge < -0.3 is 25.1 Å². The number of carboxylic acids is 1. The highest BCUT2D eigenvalue weighted by atomic mass is 16.6. The molecule has 0 bridgehead atoms. The average molecular weight is 311 g/mol. The number of benzene rings is 1. The molecule has 2 rings (SSSR count). The Labute approximate surface area is 129 Å². The Balaban J connectivity index is 0.000000344. The third-order valence-electron chi connectivity index (χ3n) is 2.04. The van der Waals surface area contributed by atoms with Crippen LogP contribution in [0.1, 0.15) is 6.92 Å². The minimum Gasteiger partial charge on any atom is -0.491 e. The zero-order valence-electron chi connectivity index (χ0n) is 12.4. The number of amides is 1. The quantitative estimate of drug-likeness (QED) is 0.634. The highest BCUT2D eigenvalue weighted by Crippen LogP contribution is 2.13. The normalized spacial score (nSPS) is 14.1. The summed E-state index contributed by atoms with van der Waals surface area (Å²) in [6.45, 7) is 6.55. The number of carboxylic acid groups (broad SMARTS) is 1. The van der Waals surface area contributed by atoms with E-state index in [1.54, 1.807) is 6.92 Å². The van der Waals surface area contributed by atoms with Crippen LogP contribution in [0.5, 0.6) is 5.75 Å². The number of ether oxygens (including phenoxy) is 3. The molecule has 0 saturated carbocycles. The van der Waals surface area contributed by atoms with Crippen molar-refractivity contribution in [3.05, 3.63) is 43.0 Å². The summed E-state index contributed by atoms with van der Waals surface area (Å²) in [4.78, 5) is 18.8. The van der Waals surface area contributed by atoms with Crippen LogP contribution in [-0.4, -0.2) is 43.1 Å². The van der Waals surface area contributed by atoms with E-state index in [2.05, 4.69) is 17.0 Å². The zero-order chi connectivity index (χ0) is 16.8. The largest absolute Gasteiger partial charge is 0.491 e. The van der Waals surface area contributed by atoms with Crippen LogP contribution in [0, 0.1) is 0 Å². The number of primary amides is 1. The van der Waals surface area contributed by atoms with Gasteiger partial charge >= 0.3 is 12.1 Å². The zero-order valence-corrected chi connectivity index (χ0v) is 12.4. The monoisotopic (exact) mass is 311 g/mol. The standard InChI is InChI=1S/C9H10O2.C3H7NO2.C3H4O2/c1-2-4-8(5-3-1)10-6-9-7-11-9;1-2-6-3(4)5;1-2-3(4)5/h1-5,9H,6-7H2;2H2,1H3,(H2,4,5);2H,1H2,(H,4,5). The molecule has 1 aromatic carbocycles. The molecule has 0 aliphatic carbocycles. The van der Waals surface area contributed by atoms with E-state index in [4.69, 9.17) is 14.6 Å². The van der Waals surface area contributed by atoms with E-state index in [1.165, 1.54) is 0 Å². The fourth-order valence-corrected chi connectivity index (χ4v) is 1.01. The minimum absolute atomic E-state index is 0.343. The molecule has 1 atom stereocenters. The lowest BCUT2D eigenvalue weighted by molar-refractivity contribution is -0.131. The van der Waals surface area contributed by atoms with Crippen LogP contribution in [0.15, 0.2) is 43.0 Å². The Morgan fingerprint density at radius 1 is 1.45 bits per heavy atom.